The summed E-state index contributed by atoms with van der Waals surface area (Å²) in [6.07, 6.45) is 0.938. The Bertz CT molecular complexity index is 377. The van der Waals surface area contributed by atoms with Crippen LogP contribution in [0.5, 0.6) is 0 Å². The third kappa shape index (κ3) is 3.61. The molecule has 0 aliphatic carbocycles. The number of nitrogens with zero attached hydrogens (tertiary/aromatic N) is 2. The second-order valence-electron chi connectivity index (χ2n) is 5.90. The maximum atomic E-state index is 12.3. The van der Waals surface area contributed by atoms with Gasteiger partial charge in [-0.15, -0.1) is 0 Å². The van der Waals surface area contributed by atoms with Crippen LogP contribution in [0.4, 0.5) is 4.79 Å². The number of carbonyl (C=O) groups is 2. The van der Waals surface area contributed by atoms with Crippen molar-refractivity contribution in [2.75, 3.05) is 33.9 Å². The highest BCUT2D eigenvalue weighted by molar-refractivity contribution is 5.85. The molecule has 7 heteroatoms. The summed E-state index contributed by atoms with van der Waals surface area (Å²) < 4.78 is 5.19. The minimum atomic E-state index is -1.30. The van der Waals surface area contributed by atoms with Crippen LogP contribution in [0, 0.1) is 0 Å². The molecule has 0 radical (unpaired) electrons. The molecular formula is C13H24N2O5. The van der Waals surface area contributed by atoms with Gasteiger partial charge in [-0.25, -0.2) is 9.59 Å². The molecule has 1 aliphatic heterocycles. The van der Waals surface area contributed by atoms with Crippen molar-refractivity contribution in [1.29, 1.82) is 0 Å². The summed E-state index contributed by atoms with van der Waals surface area (Å²) in [4.78, 5) is 25.9. The molecule has 20 heavy (non-hydrogen) atoms. The predicted molar refractivity (Wildman–Crippen MR) is 72.5 cm³/mol. The maximum absolute atomic E-state index is 12.3. The van der Waals surface area contributed by atoms with Crippen molar-refractivity contribution in [2.45, 2.75) is 37.8 Å². The molecule has 0 aromatic carbocycles. The molecule has 1 rings (SSSR count). The van der Waals surface area contributed by atoms with Gasteiger partial charge in [0.1, 0.15) is 5.54 Å². The van der Waals surface area contributed by atoms with Gasteiger partial charge in [0.15, 0.2) is 0 Å². The van der Waals surface area contributed by atoms with Gasteiger partial charge < -0.3 is 24.7 Å². The van der Waals surface area contributed by atoms with Crippen molar-refractivity contribution < 1.29 is 24.5 Å². The number of carbonyl (C=O) groups excluding carboxylic acids is 1. The Morgan fingerprint density at radius 1 is 1.25 bits per heavy atom. The smallest absolute Gasteiger partial charge is 0.329 e. The number of likely N-dealkylation sites (N-methyl/N-ethyl adjacent to an activating group) is 2. The monoisotopic (exact) mass is 288 g/mol. The molecule has 1 heterocycles. The van der Waals surface area contributed by atoms with Gasteiger partial charge in [0.05, 0.1) is 12.1 Å². The molecule has 0 spiro atoms. The first-order chi connectivity index (χ1) is 9.10. The third-order valence-corrected chi connectivity index (χ3v) is 3.93. The second-order valence-corrected chi connectivity index (χ2v) is 5.90. The molecular weight excluding hydrogens is 264 g/mol. The number of carboxylic acids is 1. The summed E-state index contributed by atoms with van der Waals surface area (Å²) in [5, 5.41) is 19.5. The average Bonchev–Trinajstić information content (AvgIpc) is 2.36. The highest BCUT2D eigenvalue weighted by atomic mass is 16.5. The molecule has 0 bridgehead atoms. The lowest BCUT2D eigenvalue weighted by molar-refractivity contribution is -0.147. The van der Waals surface area contributed by atoms with Crippen molar-refractivity contribution >= 4 is 12.0 Å². The lowest BCUT2D eigenvalue weighted by atomic mass is 9.94. The van der Waals surface area contributed by atoms with Gasteiger partial charge in [0.2, 0.25) is 0 Å². The molecule has 7 nitrogen and oxygen atoms in total. The lowest BCUT2D eigenvalue weighted by Crippen LogP contribution is -2.57. The van der Waals surface area contributed by atoms with Gasteiger partial charge in [-0.2, -0.15) is 0 Å². The zero-order valence-electron chi connectivity index (χ0n) is 12.5. The van der Waals surface area contributed by atoms with Crippen LogP contribution in [0.1, 0.15) is 26.7 Å². The SMILES string of the molecule is CN(CC1(O)CCOCC1)C(=O)N(C)C(C)(C)C(=O)O. The minimum absolute atomic E-state index is 0.162. The second kappa shape index (κ2) is 5.97. The number of aliphatic carboxylic acids is 1. The van der Waals surface area contributed by atoms with E-state index >= 15 is 0 Å². The van der Waals surface area contributed by atoms with E-state index < -0.39 is 23.1 Å². The fourth-order valence-electron chi connectivity index (χ4n) is 2.06. The molecule has 0 saturated carbocycles. The number of hydrogen-bond acceptors (Lipinski definition) is 4. The highest BCUT2D eigenvalue weighted by Crippen LogP contribution is 2.22. The van der Waals surface area contributed by atoms with E-state index in [0.717, 1.165) is 4.90 Å². The van der Waals surface area contributed by atoms with E-state index in [-0.39, 0.29) is 6.54 Å². The fourth-order valence-corrected chi connectivity index (χ4v) is 2.06. The number of amides is 2. The Balaban J connectivity index is 2.69. The van der Waals surface area contributed by atoms with E-state index in [9.17, 15) is 14.7 Å². The van der Waals surface area contributed by atoms with Crippen LogP contribution in [0.2, 0.25) is 0 Å². The van der Waals surface area contributed by atoms with Gasteiger partial charge in [0.25, 0.3) is 0 Å². The molecule has 116 valence electrons. The summed E-state index contributed by atoms with van der Waals surface area (Å²) in [6.45, 7) is 4.02. The molecule has 1 fully saturated rings. The number of urea groups is 1. The maximum Gasteiger partial charge on any atom is 0.329 e. The Hall–Kier alpha value is -1.34. The number of ether oxygens (including phenoxy) is 1. The Labute approximate surface area is 119 Å². The first-order valence-corrected chi connectivity index (χ1v) is 6.62. The molecule has 0 aromatic heterocycles. The molecule has 2 N–H and O–H groups in total. The standard InChI is InChI=1S/C13H24N2O5/c1-12(2,10(16)17)15(4)11(18)14(3)9-13(19)5-7-20-8-6-13/h19H,5-9H2,1-4H3,(H,16,17). The van der Waals surface area contributed by atoms with Crippen LogP contribution in [0.3, 0.4) is 0 Å². The van der Waals surface area contributed by atoms with Crippen molar-refractivity contribution in [1.82, 2.24) is 9.80 Å². The highest BCUT2D eigenvalue weighted by Gasteiger charge is 2.39. The number of rotatable bonds is 4. The quantitative estimate of drug-likeness (QED) is 0.780. The molecule has 0 aromatic rings. The number of carboxylic acid groups (broad SMARTS) is 1. The van der Waals surface area contributed by atoms with Crippen molar-refractivity contribution in [3.63, 3.8) is 0 Å². The zero-order chi connectivity index (χ0) is 15.6. The van der Waals surface area contributed by atoms with Gasteiger partial charge in [-0.1, -0.05) is 0 Å². The number of aliphatic hydroxyl groups is 1. The summed E-state index contributed by atoms with van der Waals surface area (Å²) >= 11 is 0. The van der Waals surface area contributed by atoms with E-state index in [0.29, 0.717) is 26.1 Å². The van der Waals surface area contributed by atoms with E-state index in [1.807, 2.05) is 0 Å². The first-order valence-electron chi connectivity index (χ1n) is 6.62. The van der Waals surface area contributed by atoms with Crippen molar-refractivity contribution in [3.05, 3.63) is 0 Å². The average molecular weight is 288 g/mol. The normalized spacial score (nSPS) is 18.4. The van der Waals surface area contributed by atoms with Crippen molar-refractivity contribution in [3.8, 4) is 0 Å². The summed E-state index contributed by atoms with van der Waals surface area (Å²) in [6, 6.07) is -0.433. The first kappa shape index (κ1) is 16.7. The summed E-state index contributed by atoms with van der Waals surface area (Å²) in [5.74, 6) is -1.08. The van der Waals surface area contributed by atoms with E-state index in [2.05, 4.69) is 0 Å². The molecule has 1 saturated heterocycles. The molecule has 0 unspecified atom stereocenters. The third-order valence-electron chi connectivity index (χ3n) is 3.93. The lowest BCUT2D eigenvalue weighted by Gasteiger charge is -2.39. The Morgan fingerprint density at radius 3 is 2.20 bits per heavy atom. The van der Waals surface area contributed by atoms with Crippen LogP contribution in [0.15, 0.2) is 0 Å². The largest absolute Gasteiger partial charge is 0.480 e. The topological polar surface area (TPSA) is 90.3 Å². The Kier molecular flexibility index (Phi) is 4.99. The Morgan fingerprint density at radius 2 is 1.75 bits per heavy atom. The number of hydrogen-bond donors (Lipinski definition) is 2. The van der Waals surface area contributed by atoms with Crippen molar-refractivity contribution in [2.24, 2.45) is 0 Å². The molecule has 2 amide bonds. The van der Waals surface area contributed by atoms with E-state index in [1.54, 1.807) is 7.05 Å². The zero-order valence-corrected chi connectivity index (χ0v) is 12.5. The van der Waals surface area contributed by atoms with Gasteiger partial charge >= 0.3 is 12.0 Å². The van der Waals surface area contributed by atoms with Crippen LogP contribution < -0.4 is 0 Å². The van der Waals surface area contributed by atoms with Crippen LogP contribution >= 0.6 is 0 Å². The van der Waals surface area contributed by atoms with Crippen LogP contribution in [-0.2, 0) is 9.53 Å². The van der Waals surface area contributed by atoms with Crippen LogP contribution in [-0.4, -0.2) is 77.0 Å². The van der Waals surface area contributed by atoms with Gasteiger partial charge in [-0.05, 0) is 13.8 Å². The van der Waals surface area contributed by atoms with Crippen LogP contribution in [0.25, 0.3) is 0 Å². The molecule has 1 aliphatic rings. The van der Waals surface area contributed by atoms with E-state index in [4.69, 9.17) is 9.84 Å². The molecule has 0 atom stereocenters. The summed E-state index contributed by atoms with van der Waals surface area (Å²) in [5.41, 5.74) is -2.26. The predicted octanol–water partition coefficient (Wildman–Crippen LogP) is 0.375. The van der Waals surface area contributed by atoms with E-state index in [1.165, 1.54) is 25.8 Å². The minimum Gasteiger partial charge on any atom is -0.480 e. The summed E-state index contributed by atoms with van der Waals surface area (Å²) in [7, 11) is 3.01. The van der Waals surface area contributed by atoms with Gasteiger partial charge in [-0.3, -0.25) is 0 Å². The van der Waals surface area contributed by atoms with Gasteiger partial charge in [0, 0.05) is 40.2 Å². The fraction of sp³-hybridized carbons (Fsp3) is 0.846.